The molecule has 0 saturated heterocycles. The molecule has 1 aliphatic carbocycles. The number of amides is 1. The van der Waals surface area contributed by atoms with E-state index in [1.165, 1.54) is 0 Å². The molecule has 1 aliphatic rings. The van der Waals surface area contributed by atoms with E-state index in [4.69, 9.17) is 9.47 Å². The van der Waals surface area contributed by atoms with Gasteiger partial charge in [0, 0.05) is 12.3 Å². The Kier molecular flexibility index (Phi) is 5.96. The number of methoxy groups -OCH3 is 1. The summed E-state index contributed by atoms with van der Waals surface area (Å²) in [7, 11) is 1.56. The normalized spacial score (nSPS) is 19.7. The Morgan fingerprint density at radius 1 is 1.30 bits per heavy atom. The zero-order chi connectivity index (χ0) is 19.4. The lowest BCUT2D eigenvalue weighted by Gasteiger charge is -2.38. The monoisotopic (exact) mass is 370 g/mol. The second-order valence-electron chi connectivity index (χ2n) is 7.05. The zero-order valence-electron chi connectivity index (χ0n) is 15.9. The van der Waals surface area contributed by atoms with Gasteiger partial charge in [0.1, 0.15) is 5.75 Å². The maximum Gasteiger partial charge on any atom is 0.258 e. The van der Waals surface area contributed by atoms with Crippen LogP contribution in [-0.4, -0.2) is 35.8 Å². The van der Waals surface area contributed by atoms with E-state index in [-0.39, 0.29) is 30.6 Å². The second-order valence-corrected chi connectivity index (χ2v) is 7.05. The summed E-state index contributed by atoms with van der Waals surface area (Å²) in [5, 5.41) is 12.7. The molecule has 0 aliphatic heterocycles. The summed E-state index contributed by atoms with van der Waals surface area (Å²) in [5.41, 5.74) is 3.05. The van der Waals surface area contributed by atoms with Crippen molar-refractivity contribution in [2.75, 3.05) is 13.7 Å². The highest BCUT2D eigenvalue weighted by Crippen LogP contribution is 2.38. The van der Waals surface area contributed by atoms with Crippen LogP contribution < -0.4 is 14.8 Å². The first-order valence-electron chi connectivity index (χ1n) is 9.14. The van der Waals surface area contributed by atoms with E-state index >= 15 is 0 Å². The molecule has 1 atom stereocenters. The van der Waals surface area contributed by atoms with Gasteiger partial charge in [-0.15, -0.1) is 0 Å². The van der Waals surface area contributed by atoms with Crippen molar-refractivity contribution in [3.05, 3.63) is 53.2 Å². The number of hydrogen-bond donors (Lipinski definition) is 2. The molecule has 0 unspecified atom stereocenters. The minimum atomic E-state index is -0.299. The molecule has 0 radical (unpaired) electrons. The molecule has 27 heavy (non-hydrogen) atoms. The summed E-state index contributed by atoms with van der Waals surface area (Å²) >= 11 is 0. The van der Waals surface area contributed by atoms with Crippen molar-refractivity contribution >= 4 is 5.91 Å². The SMILES string of the molecule is COc1ccc([C@@H](NC(=O)COc2cccc(C)c2C)C2CC(O)C2)cn1. The van der Waals surface area contributed by atoms with E-state index in [0.717, 1.165) is 16.7 Å². The molecule has 1 fully saturated rings. The number of pyridine rings is 1. The van der Waals surface area contributed by atoms with E-state index in [1.54, 1.807) is 19.4 Å². The molecule has 0 bridgehead atoms. The first kappa shape index (κ1) is 19.2. The van der Waals surface area contributed by atoms with Gasteiger partial charge in [-0.3, -0.25) is 4.79 Å². The van der Waals surface area contributed by atoms with Gasteiger partial charge in [-0.1, -0.05) is 18.2 Å². The van der Waals surface area contributed by atoms with Crippen LogP contribution in [-0.2, 0) is 4.79 Å². The molecule has 6 heteroatoms. The number of nitrogens with zero attached hydrogens (tertiary/aromatic N) is 1. The number of benzene rings is 1. The standard InChI is InChI=1S/C21H26N2O4/c1-13-5-4-6-18(14(13)2)27-12-19(25)23-21(16-9-17(24)10-16)15-7-8-20(26-3)22-11-15/h4-8,11,16-17,21,24H,9-10,12H2,1-3H3,(H,23,25)/t16?,17?,21-/m1/s1. The maximum absolute atomic E-state index is 12.5. The van der Waals surface area contributed by atoms with Crippen LogP contribution in [0.2, 0.25) is 0 Å². The van der Waals surface area contributed by atoms with Crippen LogP contribution in [0.4, 0.5) is 0 Å². The first-order valence-corrected chi connectivity index (χ1v) is 9.14. The topological polar surface area (TPSA) is 80.7 Å². The molecule has 1 aromatic carbocycles. The maximum atomic E-state index is 12.5. The summed E-state index contributed by atoms with van der Waals surface area (Å²) in [4.78, 5) is 16.7. The molecule has 1 saturated carbocycles. The predicted octanol–water partition coefficient (Wildman–Crippen LogP) is 2.71. The molecule has 6 nitrogen and oxygen atoms in total. The molecule has 2 N–H and O–H groups in total. The number of aliphatic hydroxyl groups excluding tert-OH is 1. The van der Waals surface area contributed by atoms with Crippen molar-refractivity contribution in [1.82, 2.24) is 10.3 Å². The van der Waals surface area contributed by atoms with E-state index in [1.807, 2.05) is 38.1 Å². The van der Waals surface area contributed by atoms with E-state index in [0.29, 0.717) is 24.5 Å². The highest BCUT2D eigenvalue weighted by molar-refractivity contribution is 5.78. The Morgan fingerprint density at radius 2 is 2.07 bits per heavy atom. The minimum absolute atomic E-state index is 0.0559. The number of aliphatic hydroxyl groups is 1. The van der Waals surface area contributed by atoms with Crippen LogP contribution in [0.15, 0.2) is 36.5 Å². The van der Waals surface area contributed by atoms with Gasteiger partial charge in [-0.05, 0) is 55.4 Å². The Bertz CT molecular complexity index is 785. The molecule has 1 heterocycles. The van der Waals surface area contributed by atoms with E-state index in [9.17, 15) is 9.90 Å². The summed E-state index contributed by atoms with van der Waals surface area (Å²) < 4.78 is 10.8. The van der Waals surface area contributed by atoms with Crippen LogP contribution in [0.1, 0.15) is 35.6 Å². The number of aryl methyl sites for hydroxylation is 1. The van der Waals surface area contributed by atoms with Gasteiger partial charge >= 0.3 is 0 Å². The molecule has 144 valence electrons. The predicted molar refractivity (Wildman–Crippen MR) is 102 cm³/mol. The lowest BCUT2D eigenvalue weighted by atomic mass is 9.75. The number of hydrogen-bond acceptors (Lipinski definition) is 5. The van der Waals surface area contributed by atoms with Crippen LogP contribution in [0, 0.1) is 19.8 Å². The summed E-state index contributed by atoms with van der Waals surface area (Å²) in [5.74, 6) is 1.22. The average molecular weight is 370 g/mol. The third kappa shape index (κ3) is 4.57. The minimum Gasteiger partial charge on any atom is -0.483 e. The van der Waals surface area contributed by atoms with Crippen molar-refractivity contribution in [2.45, 2.75) is 38.8 Å². The summed E-state index contributed by atoms with van der Waals surface area (Å²) in [6, 6.07) is 9.25. The highest BCUT2D eigenvalue weighted by atomic mass is 16.5. The van der Waals surface area contributed by atoms with Gasteiger partial charge in [-0.2, -0.15) is 0 Å². The lowest BCUT2D eigenvalue weighted by Crippen LogP contribution is -2.42. The summed E-state index contributed by atoms with van der Waals surface area (Å²) in [6.45, 7) is 3.93. The third-order valence-corrected chi connectivity index (χ3v) is 5.18. The van der Waals surface area contributed by atoms with Crippen molar-refractivity contribution in [3.63, 3.8) is 0 Å². The molecule has 3 rings (SSSR count). The van der Waals surface area contributed by atoms with Gasteiger partial charge in [0.15, 0.2) is 6.61 Å². The molecule has 1 amide bonds. The number of ether oxygens (including phenoxy) is 2. The number of nitrogens with one attached hydrogen (secondary N) is 1. The highest BCUT2D eigenvalue weighted by Gasteiger charge is 2.35. The van der Waals surface area contributed by atoms with Crippen molar-refractivity contribution in [2.24, 2.45) is 5.92 Å². The first-order chi connectivity index (χ1) is 13.0. The van der Waals surface area contributed by atoms with Crippen LogP contribution in [0.3, 0.4) is 0 Å². The number of rotatable bonds is 7. The van der Waals surface area contributed by atoms with Gasteiger partial charge in [0.05, 0.1) is 19.3 Å². The number of aromatic nitrogens is 1. The van der Waals surface area contributed by atoms with E-state index in [2.05, 4.69) is 10.3 Å². The zero-order valence-corrected chi connectivity index (χ0v) is 15.9. The average Bonchev–Trinajstić information content (AvgIpc) is 2.65. The van der Waals surface area contributed by atoms with Crippen LogP contribution in [0.25, 0.3) is 0 Å². The fraction of sp³-hybridized carbons (Fsp3) is 0.429. The third-order valence-electron chi connectivity index (χ3n) is 5.18. The quantitative estimate of drug-likeness (QED) is 0.783. The summed E-state index contributed by atoms with van der Waals surface area (Å²) in [6.07, 6.45) is 2.73. The Balaban J connectivity index is 1.66. The van der Waals surface area contributed by atoms with Gasteiger partial charge in [0.2, 0.25) is 5.88 Å². The number of carbonyl (C=O) groups is 1. The fourth-order valence-corrected chi connectivity index (χ4v) is 3.31. The van der Waals surface area contributed by atoms with Crippen molar-refractivity contribution in [3.8, 4) is 11.6 Å². The lowest BCUT2D eigenvalue weighted by molar-refractivity contribution is -0.125. The molecular weight excluding hydrogens is 344 g/mol. The Hall–Kier alpha value is -2.60. The fourth-order valence-electron chi connectivity index (χ4n) is 3.31. The van der Waals surface area contributed by atoms with Crippen molar-refractivity contribution in [1.29, 1.82) is 0 Å². The van der Waals surface area contributed by atoms with Gasteiger partial charge in [0.25, 0.3) is 5.91 Å². The molecule has 0 spiro atoms. The second kappa shape index (κ2) is 8.39. The van der Waals surface area contributed by atoms with Crippen molar-refractivity contribution < 1.29 is 19.4 Å². The van der Waals surface area contributed by atoms with Gasteiger partial charge < -0.3 is 19.9 Å². The molecule has 1 aromatic heterocycles. The van der Waals surface area contributed by atoms with E-state index < -0.39 is 0 Å². The smallest absolute Gasteiger partial charge is 0.258 e. The van der Waals surface area contributed by atoms with Crippen LogP contribution >= 0.6 is 0 Å². The Labute approximate surface area is 159 Å². The largest absolute Gasteiger partial charge is 0.483 e. The van der Waals surface area contributed by atoms with Gasteiger partial charge in [-0.25, -0.2) is 4.98 Å². The van der Waals surface area contributed by atoms with Crippen LogP contribution in [0.5, 0.6) is 11.6 Å². The molecular formula is C21H26N2O4. The molecule has 2 aromatic rings. The Morgan fingerprint density at radius 3 is 2.70 bits per heavy atom. The number of carbonyl (C=O) groups excluding carboxylic acids is 1.